The molecule has 0 aliphatic carbocycles. The van der Waals surface area contributed by atoms with Gasteiger partial charge in [0.1, 0.15) is 5.75 Å². The summed E-state index contributed by atoms with van der Waals surface area (Å²) in [6, 6.07) is 14.1. The van der Waals surface area contributed by atoms with Gasteiger partial charge >= 0.3 is 0 Å². The first-order valence-electron chi connectivity index (χ1n) is 8.46. The molecule has 0 radical (unpaired) electrons. The molecule has 0 fully saturated rings. The molecule has 25 heavy (non-hydrogen) atoms. The van der Waals surface area contributed by atoms with E-state index in [2.05, 4.69) is 10.6 Å². The third-order valence-corrected chi connectivity index (χ3v) is 3.39. The highest BCUT2D eigenvalue weighted by Gasteiger charge is 2.07. The van der Waals surface area contributed by atoms with Crippen LogP contribution in [-0.2, 0) is 4.79 Å². The normalized spacial score (nSPS) is 10.4. The molecule has 5 heteroatoms. The van der Waals surface area contributed by atoms with Crippen LogP contribution in [0.2, 0.25) is 0 Å². The van der Waals surface area contributed by atoms with Gasteiger partial charge in [0.25, 0.3) is 5.91 Å². The van der Waals surface area contributed by atoms with Crippen molar-refractivity contribution in [1.82, 2.24) is 0 Å². The van der Waals surface area contributed by atoms with Crippen LogP contribution >= 0.6 is 0 Å². The van der Waals surface area contributed by atoms with E-state index >= 15 is 0 Å². The van der Waals surface area contributed by atoms with Crippen LogP contribution in [0.25, 0.3) is 0 Å². The van der Waals surface area contributed by atoms with Gasteiger partial charge in [-0.3, -0.25) is 9.59 Å². The standard InChI is InChI=1S/C20H24N2O3/c1-4-5-19(23)21-16-8-10-17(11-9-16)22-20(24)15-6-12-18(13-7-15)25-14(2)3/h6-14H,4-5H2,1-3H3,(H,21,23)(H,22,24). The monoisotopic (exact) mass is 340 g/mol. The van der Waals surface area contributed by atoms with Gasteiger partial charge in [0, 0.05) is 23.4 Å². The topological polar surface area (TPSA) is 67.4 Å². The van der Waals surface area contributed by atoms with E-state index < -0.39 is 0 Å². The number of nitrogens with one attached hydrogen (secondary N) is 2. The Labute approximate surface area is 148 Å². The number of ether oxygens (including phenoxy) is 1. The minimum absolute atomic E-state index is 0.0111. The number of amides is 2. The van der Waals surface area contributed by atoms with Crippen molar-refractivity contribution in [3.05, 3.63) is 54.1 Å². The quantitative estimate of drug-likeness (QED) is 0.782. The SMILES string of the molecule is CCCC(=O)Nc1ccc(NC(=O)c2ccc(OC(C)C)cc2)cc1. The zero-order valence-corrected chi connectivity index (χ0v) is 14.8. The molecule has 0 unspecified atom stereocenters. The van der Waals surface area contributed by atoms with Crippen LogP contribution in [-0.4, -0.2) is 17.9 Å². The lowest BCUT2D eigenvalue weighted by Crippen LogP contribution is -2.13. The second-order valence-corrected chi connectivity index (χ2v) is 6.02. The average Bonchev–Trinajstić information content (AvgIpc) is 2.57. The predicted octanol–water partition coefficient (Wildman–Crippen LogP) is 4.46. The fourth-order valence-corrected chi connectivity index (χ4v) is 2.25. The van der Waals surface area contributed by atoms with Crippen LogP contribution in [0.5, 0.6) is 5.75 Å². The van der Waals surface area contributed by atoms with Crippen molar-refractivity contribution in [2.75, 3.05) is 10.6 Å². The van der Waals surface area contributed by atoms with Crippen molar-refractivity contribution in [2.45, 2.75) is 39.7 Å². The molecular formula is C20H24N2O3. The van der Waals surface area contributed by atoms with Crippen molar-refractivity contribution in [1.29, 1.82) is 0 Å². The van der Waals surface area contributed by atoms with Crippen molar-refractivity contribution < 1.29 is 14.3 Å². The van der Waals surface area contributed by atoms with Gasteiger partial charge in [-0.25, -0.2) is 0 Å². The molecule has 5 nitrogen and oxygen atoms in total. The van der Waals surface area contributed by atoms with Gasteiger partial charge in [-0.2, -0.15) is 0 Å². The number of benzene rings is 2. The molecule has 2 rings (SSSR count). The van der Waals surface area contributed by atoms with E-state index in [-0.39, 0.29) is 17.9 Å². The van der Waals surface area contributed by atoms with E-state index in [4.69, 9.17) is 4.74 Å². The summed E-state index contributed by atoms with van der Waals surface area (Å²) >= 11 is 0. The van der Waals surface area contributed by atoms with Crippen LogP contribution < -0.4 is 15.4 Å². The molecule has 0 bridgehead atoms. The Morgan fingerprint density at radius 3 is 2.00 bits per heavy atom. The van der Waals surface area contributed by atoms with E-state index in [0.29, 0.717) is 23.4 Å². The van der Waals surface area contributed by atoms with E-state index in [0.717, 1.165) is 12.2 Å². The first-order valence-corrected chi connectivity index (χ1v) is 8.46. The van der Waals surface area contributed by atoms with E-state index in [1.54, 1.807) is 48.5 Å². The highest BCUT2D eigenvalue weighted by molar-refractivity contribution is 6.04. The molecule has 2 aromatic rings. The fraction of sp³-hybridized carbons (Fsp3) is 0.300. The fourth-order valence-electron chi connectivity index (χ4n) is 2.25. The largest absolute Gasteiger partial charge is 0.491 e. The Balaban J connectivity index is 1.94. The molecule has 0 aliphatic rings. The summed E-state index contributed by atoms with van der Waals surface area (Å²) in [7, 11) is 0. The average molecular weight is 340 g/mol. The number of rotatable bonds is 7. The van der Waals surface area contributed by atoms with Gasteiger partial charge in [0.2, 0.25) is 5.91 Å². The summed E-state index contributed by atoms with van der Waals surface area (Å²) in [5, 5.41) is 5.64. The lowest BCUT2D eigenvalue weighted by Gasteiger charge is -2.10. The predicted molar refractivity (Wildman–Crippen MR) is 100 cm³/mol. The van der Waals surface area contributed by atoms with Crippen molar-refractivity contribution in [2.24, 2.45) is 0 Å². The minimum Gasteiger partial charge on any atom is -0.491 e. The Bertz CT molecular complexity index is 707. The summed E-state index contributed by atoms with van der Waals surface area (Å²) in [6.07, 6.45) is 1.40. The molecule has 0 saturated carbocycles. The van der Waals surface area contributed by atoms with Crippen molar-refractivity contribution in [3.8, 4) is 5.75 Å². The molecule has 0 saturated heterocycles. The number of hydrogen-bond acceptors (Lipinski definition) is 3. The van der Waals surface area contributed by atoms with E-state index in [1.165, 1.54) is 0 Å². The molecule has 0 atom stereocenters. The van der Waals surface area contributed by atoms with Gasteiger partial charge in [-0.15, -0.1) is 0 Å². The summed E-state index contributed by atoms with van der Waals surface area (Å²) in [6.45, 7) is 5.86. The van der Waals surface area contributed by atoms with Crippen LogP contribution in [0.1, 0.15) is 44.0 Å². The zero-order chi connectivity index (χ0) is 18.2. The second kappa shape index (κ2) is 8.87. The second-order valence-electron chi connectivity index (χ2n) is 6.02. The number of carbonyl (C=O) groups is 2. The maximum atomic E-state index is 12.3. The van der Waals surface area contributed by atoms with Crippen LogP contribution in [0.3, 0.4) is 0 Å². The molecule has 0 heterocycles. The molecule has 0 aromatic heterocycles. The maximum Gasteiger partial charge on any atom is 0.255 e. The highest BCUT2D eigenvalue weighted by atomic mass is 16.5. The lowest BCUT2D eigenvalue weighted by atomic mass is 10.2. The third-order valence-electron chi connectivity index (χ3n) is 3.39. The zero-order valence-electron chi connectivity index (χ0n) is 14.8. The molecule has 132 valence electrons. The van der Waals surface area contributed by atoms with Gasteiger partial charge in [-0.05, 0) is 68.8 Å². The van der Waals surface area contributed by atoms with E-state index in [9.17, 15) is 9.59 Å². The highest BCUT2D eigenvalue weighted by Crippen LogP contribution is 2.17. The summed E-state index contributed by atoms with van der Waals surface area (Å²) < 4.78 is 5.56. The van der Waals surface area contributed by atoms with Gasteiger partial charge in [0.05, 0.1) is 6.10 Å². The number of hydrogen-bond donors (Lipinski definition) is 2. The Morgan fingerprint density at radius 1 is 0.920 bits per heavy atom. The van der Waals surface area contributed by atoms with Gasteiger partial charge in [-0.1, -0.05) is 6.92 Å². The first-order chi connectivity index (χ1) is 12.0. The molecule has 0 aliphatic heterocycles. The smallest absolute Gasteiger partial charge is 0.255 e. The molecule has 2 aromatic carbocycles. The Morgan fingerprint density at radius 2 is 1.48 bits per heavy atom. The molecule has 0 spiro atoms. The first kappa shape index (κ1) is 18.5. The van der Waals surface area contributed by atoms with Crippen LogP contribution in [0.4, 0.5) is 11.4 Å². The van der Waals surface area contributed by atoms with Gasteiger partial charge < -0.3 is 15.4 Å². The number of anilines is 2. The molecule has 2 amide bonds. The molecule has 2 N–H and O–H groups in total. The number of carbonyl (C=O) groups excluding carboxylic acids is 2. The third kappa shape index (κ3) is 5.95. The summed E-state index contributed by atoms with van der Waals surface area (Å²) in [5.74, 6) is 0.528. The van der Waals surface area contributed by atoms with Crippen LogP contribution in [0.15, 0.2) is 48.5 Å². The summed E-state index contributed by atoms with van der Waals surface area (Å²) in [5.41, 5.74) is 1.93. The van der Waals surface area contributed by atoms with Crippen molar-refractivity contribution in [3.63, 3.8) is 0 Å². The lowest BCUT2D eigenvalue weighted by molar-refractivity contribution is -0.116. The van der Waals surface area contributed by atoms with Crippen molar-refractivity contribution >= 4 is 23.2 Å². The minimum atomic E-state index is -0.195. The van der Waals surface area contributed by atoms with E-state index in [1.807, 2.05) is 20.8 Å². The summed E-state index contributed by atoms with van der Waals surface area (Å²) in [4.78, 5) is 23.8. The maximum absolute atomic E-state index is 12.3. The Hall–Kier alpha value is -2.82. The molecular weight excluding hydrogens is 316 g/mol. The van der Waals surface area contributed by atoms with Gasteiger partial charge in [0.15, 0.2) is 0 Å². The van der Waals surface area contributed by atoms with Crippen LogP contribution in [0, 0.1) is 0 Å². The Kier molecular flexibility index (Phi) is 6.57.